The Kier molecular flexibility index (Phi) is 20.0. The van der Waals surface area contributed by atoms with Gasteiger partial charge in [0.1, 0.15) is 0 Å². The summed E-state index contributed by atoms with van der Waals surface area (Å²) >= 11 is 0. The van der Waals surface area contributed by atoms with Gasteiger partial charge in [0.25, 0.3) is 0 Å². The van der Waals surface area contributed by atoms with Gasteiger partial charge in [-0.2, -0.15) is 84.3 Å². The third kappa shape index (κ3) is 70.0. The summed E-state index contributed by atoms with van der Waals surface area (Å²) in [5, 5.41) is 7.32. The summed E-state index contributed by atoms with van der Waals surface area (Å²) in [5.74, 6) is 0.521. The second-order valence-electron chi connectivity index (χ2n) is 3.96. The molecule has 0 heterocycles. The molecule has 0 bridgehead atoms. The molecule has 0 saturated carbocycles. The number of alkyl halides is 18. The fraction of sp³-hybridized carbons (Fsp3) is 0.500. The van der Waals surface area contributed by atoms with Crippen LogP contribution in [0.5, 0.6) is 0 Å². The molecule has 0 aromatic carbocycles. The SMILES string of the molecule is CC#N.FC(F)(F)C#CC(F)(F)F.FC(F)(F)C#CC(F)(F)F.FC(F)(F)C#CC(F)(F)F.[W]. The fourth-order valence-electron chi connectivity index (χ4n) is 0.425. The zero-order valence-electron chi connectivity index (χ0n) is 15.2. The molecular formula is C14H3F18NW. The summed E-state index contributed by atoms with van der Waals surface area (Å²) in [6.45, 7) is 1.43. The van der Waals surface area contributed by atoms with Crippen molar-refractivity contribution in [3.05, 3.63) is 0 Å². The van der Waals surface area contributed by atoms with Gasteiger partial charge in [-0.3, -0.25) is 0 Å². The molecule has 0 unspecified atom stereocenters. The van der Waals surface area contributed by atoms with Crippen molar-refractivity contribution >= 4 is 0 Å². The normalized spacial score (nSPS) is 11.0. The van der Waals surface area contributed by atoms with E-state index in [-0.39, 0.29) is 56.6 Å². The molecule has 196 valence electrons. The quantitative estimate of drug-likeness (QED) is 0.199. The maximum Gasteiger partial charge on any atom is 0.457 e. The topological polar surface area (TPSA) is 23.8 Å². The monoisotopic (exact) mass is 711 g/mol. The van der Waals surface area contributed by atoms with Gasteiger partial charge >= 0.3 is 37.1 Å². The molecule has 0 saturated heterocycles. The van der Waals surface area contributed by atoms with E-state index in [1.807, 2.05) is 0 Å². The number of nitrogens with zero attached hydrogens (tertiary/aromatic N) is 1. The van der Waals surface area contributed by atoms with Gasteiger partial charge in [-0.15, -0.1) is 0 Å². The van der Waals surface area contributed by atoms with Crippen LogP contribution in [0.1, 0.15) is 6.92 Å². The van der Waals surface area contributed by atoms with Crippen LogP contribution in [0.25, 0.3) is 0 Å². The van der Waals surface area contributed by atoms with Crippen LogP contribution in [0.3, 0.4) is 0 Å². The molecule has 0 spiro atoms. The molecular weight excluding hydrogens is 708 g/mol. The van der Waals surface area contributed by atoms with Gasteiger partial charge in [0, 0.05) is 63.5 Å². The molecule has 0 atom stereocenters. The molecule has 1 nitrogen and oxygen atoms in total. The molecule has 0 rings (SSSR count). The van der Waals surface area contributed by atoms with Gasteiger partial charge in [0.2, 0.25) is 0 Å². The van der Waals surface area contributed by atoms with Crippen molar-refractivity contribution in [2.75, 3.05) is 0 Å². The van der Waals surface area contributed by atoms with E-state index in [1.54, 1.807) is 6.07 Å². The number of halogens is 18. The van der Waals surface area contributed by atoms with Crippen molar-refractivity contribution < 1.29 is 100 Å². The van der Waals surface area contributed by atoms with Gasteiger partial charge < -0.3 is 0 Å². The first-order valence-corrected chi connectivity index (χ1v) is 6.38. The van der Waals surface area contributed by atoms with E-state index in [9.17, 15) is 79.0 Å². The number of hydrogen-bond donors (Lipinski definition) is 0. The second kappa shape index (κ2) is 16.3. The predicted molar refractivity (Wildman–Crippen MR) is 70.9 cm³/mol. The average Bonchev–Trinajstić information content (AvgIpc) is 2.48. The Hall–Kier alpha value is -2.40. The van der Waals surface area contributed by atoms with E-state index in [0.29, 0.717) is 0 Å². The molecule has 0 aromatic heterocycles. The Morgan fingerprint density at radius 2 is 0.412 bits per heavy atom. The maximum absolute atomic E-state index is 10.9. The molecule has 0 aliphatic heterocycles. The van der Waals surface area contributed by atoms with Gasteiger partial charge in [0.15, 0.2) is 0 Å². The van der Waals surface area contributed by atoms with E-state index in [1.165, 1.54) is 6.92 Å². The molecule has 0 fully saturated rings. The van der Waals surface area contributed by atoms with Crippen LogP contribution < -0.4 is 0 Å². The number of hydrogen-bond acceptors (Lipinski definition) is 1. The van der Waals surface area contributed by atoms with Crippen molar-refractivity contribution in [2.24, 2.45) is 0 Å². The minimum absolute atomic E-state index is 0. The van der Waals surface area contributed by atoms with Crippen molar-refractivity contribution in [2.45, 2.75) is 44.0 Å². The molecule has 0 amide bonds. The molecule has 0 N–H and O–H groups in total. The Morgan fingerprint density at radius 3 is 0.441 bits per heavy atom. The van der Waals surface area contributed by atoms with Crippen molar-refractivity contribution in [3.8, 4) is 41.6 Å². The summed E-state index contributed by atoms with van der Waals surface area (Å²) in [7, 11) is 0. The van der Waals surface area contributed by atoms with Crippen LogP contribution in [-0.2, 0) is 21.1 Å². The minimum Gasteiger partial charge on any atom is -0.199 e. The van der Waals surface area contributed by atoms with Crippen molar-refractivity contribution in [1.29, 1.82) is 5.26 Å². The summed E-state index contributed by atoms with van der Waals surface area (Å²) in [6.07, 6.45) is -30.4. The van der Waals surface area contributed by atoms with Crippen LogP contribution in [0.4, 0.5) is 79.0 Å². The van der Waals surface area contributed by atoms with Crippen LogP contribution in [-0.4, -0.2) is 37.1 Å². The third-order valence-corrected chi connectivity index (χ3v) is 1.04. The molecule has 0 radical (unpaired) electrons. The first-order valence-electron chi connectivity index (χ1n) is 6.38. The van der Waals surface area contributed by atoms with E-state index in [2.05, 4.69) is 0 Å². The van der Waals surface area contributed by atoms with Crippen molar-refractivity contribution in [3.63, 3.8) is 0 Å². The minimum atomic E-state index is -5.07. The summed E-state index contributed by atoms with van der Waals surface area (Å²) in [5.41, 5.74) is 0. The van der Waals surface area contributed by atoms with E-state index < -0.39 is 37.1 Å². The largest absolute Gasteiger partial charge is 0.457 e. The Bertz CT molecular complexity index is 624. The van der Waals surface area contributed by atoms with Gasteiger partial charge in [-0.1, -0.05) is 0 Å². The van der Waals surface area contributed by atoms with Crippen molar-refractivity contribution in [1.82, 2.24) is 0 Å². The third-order valence-electron chi connectivity index (χ3n) is 1.04. The standard InChI is InChI=1S/3C4F6.C2H3N.W/c3*5-3(6,7)1-2-4(8,9)10;1-2-3;/h;;;1H3;. The second-order valence-corrected chi connectivity index (χ2v) is 3.96. The molecule has 0 aromatic rings. The van der Waals surface area contributed by atoms with Gasteiger partial charge in [-0.25, -0.2) is 0 Å². The van der Waals surface area contributed by atoms with E-state index >= 15 is 0 Å². The Labute approximate surface area is 191 Å². The van der Waals surface area contributed by atoms with Crippen LogP contribution in [0.15, 0.2) is 0 Å². The van der Waals surface area contributed by atoms with E-state index in [4.69, 9.17) is 5.26 Å². The van der Waals surface area contributed by atoms with Gasteiger partial charge in [0.05, 0.1) is 6.07 Å². The summed E-state index contributed by atoms with van der Waals surface area (Å²) < 4.78 is 196. The zero-order valence-corrected chi connectivity index (χ0v) is 18.1. The molecule has 0 aliphatic rings. The number of rotatable bonds is 0. The fourth-order valence-corrected chi connectivity index (χ4v) is 0.425. The van der Waals surface area contributed by atoms with Crippen LogP contribution in [0, 0.1) is 46.9 Å². The predicted octanol–water partition coefficient (Wildman–Crippen LogP) is 6.87. The zero-order chi connectivity index (χ0) is 27.9. The summed E-state index contributed by atoms with van der Waals surface area (Å²) in [4.78, 5) is 0. The van der Waals surface area contributed by atoms with Crippen LogP contribution in [0.2, 0.25) is 0 Å². The van der Waals surface area contributed by atoms with E-state index in [0.717, 1.165) is 0 Å². The van der Waals surface area contributed by atoms with Crippen LogP contribution >= 0.6 is 0 Å². The molecule has 0 aliphatic carbocycles. The average molecular weight is 711 g/mol. The number of nitriles is 1. The Morgan fingerprint density at radius 1 is 0.353 bits per heavy atom. The first kappa shape index (κ1) is 41.8. The maximum atomic E-state index is 10.9. The van der Waals surface area contributed by atoms with Gasteiger partial charge in [-0.05, 0) is 0 Å². The summed E-state index contributed by atoms with van der Waals surface area (Å²) in [6, 6.07) is 1.75. The first-order chi connectivity index (χ1) is 14.0. The molecule has 34 heavy (non-hydrogen) atoms. The smallest absolute Gasteiger partial charge is 0.199 e. The Balaban J connectivity index is -0.000000115. The molecule has 20 heteroatoms.